The molecule has 0 aromatic carbocycles. The summed E-state index contributed by atoms with van der Waals surface area (Å²) in [6, 6.07) is 0. The molecule has 0 bridgehead atoms. The molecule has 0 aliphatic heterocycles. The van der Waals surface area contributed by atoms with Crippen molar-refractivity contribution in [3.05, 3.63) is 36.5 Å². The fourth-order valence-corrected chi connectivity index (χ4v) is 0.300. The lowest BCUT2D eigenvalue weighted by Gasteiger charge is -2.23. The van der Waals surface area contributed by atoms with Gasteiger partial charge in [-0.2, -0.15) is 0 Å². The second-order valence-electron chi connectivity index (χ2n) is 5.64. The lowest BCUT2D eigenvalue weighted by molar-refractivity contribution is -0.133. The molecule has 14 heteroatoms. The van der Waals surface area contributed by atoms with E-state index in [-0.39, 0.29) is 16.7 Å². The van der Waals surface area contributed by atoms with Crippen LogP contribution in [-0.4, -0.2) is 89.9 Å². The SMILES string of the molecule is C=C(C)C(=O)O.C=C(C)C(=O)O.C=C(C)C(=O)O.O=[P+](O)O.OCC(CO)(CO)CO. The van der Waals surface area contributed by atoms with E-state index < -0.39 is 58.0 Å². The van der Waals surface area contributed by atoms with Gasteiger partial charge in [-0.3, -0.25) is 0 Å². The van der Waals surface area contributed by atoms with Gasteiger partial charge in [0.1, 0.15) is 0 Å². The Labute approximate surface area is 180 Å². The van der Waals surface area contributed by atoms with E-state index in [1.165, 1.54) is 20.8 Å². The van der Waals surface area contributed by atoms with Gasteiger partial charge in [0, 0.05) is 21.3 Å². The minimum Gasteiger partial charge on any atom is -0.478 e. The van der Waals surface area contributed by atoms with Gasteiger partial charge in [0.25, 0.3) is 0 Å². The third-order valence-corrected chi connectivity index (χ3v) is 2.44. The zero-order valence-corrected chi connectivity index (χ0v) is 18.4. The summed E-state index contributed by atoms with van der Waals surface area (Å²) in [5.41, 5.74) is -0.583. The highest BCUT2D eigenvalue weighted by molar-refractivity contribution is 7.30. The molecule has 0 saturated carbocycles. The van der Waals surface area contributed by atoms with Crippen molar-refractivity contribution < 1.29 is 64.5 Å². The fourth-order valence-electron chi connectivity index (χ4n) is 0.300. The van der Waals surface area contributed by atoms with Crippen LogP contribution in [0, 0.1) is 5.41 Å². The van der Waals surface area contributed by atoms with E-state index in [4.69, 9.17) is 50.1 Å². The standard InChI is InChI=1S/C5H12O4.3C4H6O2.HO3P/c6-1-5(2-7,3-8)4-9;3*1-3(2)4(5)6;1-4(2)3/h6-9H,1-4H2;3*1H2,2H3,(H,5,6);(H-,1,2,3)/p+1. The third kappa shape index (κ3) is 38.7. The molecule has 0 aromatic rings. The first-order valence-corrected chi connectivity index (χ1v) is 9.02. The highest BCUT2D eigenvalue weighted by Gasteiger charge is 2.26. The normalized spacial score (nSPS) is 8.68. The van der Waals surface area contributed by atoms with Gasteiger partial charge >= 0.3 is 26.2 Å². The largest absolute Gasteiger partial charge is 0.692 e. The Bertz CT molecular complexity index is 480. The molecule has 9 N–H and O–H groups in total. The van der Waals surface area contributed by atoms with Crippen LogP contribution in [0.3, 0.4) is 0 Å². The summed E-state index contributed by atoms with van der Waals surface area (Å²) in [4.78, 5) is 43.0. The molecule has 0 radical (unpaired) electrons. The average molecular weight is 475 g/mol. The van der Waals surface area contributed by atoms with Crippen LogP contribution in [-0.2, 0) is 18.9 Å². The highest BCUT2D eigenvalue weighted by atomic mass is 31.1. The topological polar surface area (TPSA) is 250 Å². The molecule has 31 heavy (non-hydrogen) atoms. The molecule has 0 aliphatic carbocycles. The van der Waals surface area contributed by atoms with Crippen molar-refractivity contribution in [1.82, 2.24) is 0 Å². The second kappa shape index (κ2) is 23.8. The summed E-state index contributed by atoms with van der Waals surface area (Å²) in [6.07, 6.45) is 0. The molecule has 0 aliphatic rings. The van der Waals surface area contributed by atoms with Crippen molar-refractivity contribution in [1.29, 1.82) is 0 Å². The number of carbonyl (C=O) groups is 3. The van der Waals surface area contributed by atoms with E-state index in [9.17, 15) is 14.4 Å². The molecule has 0 atom stereocenters. The quantitative estimate of drug-likeness (QED) is 0.167. The summed E-state index contributed by atoms with van der Waals surface area (Å²) in [5.74, 6) is -2.81. The molecule has 13 nitrogen and oxygen atoms in total. The molecule has 0 unspecified atom stereocenters. The highest BCUT2D eigenvalue weighted by Crippen LogP contribution is 2.11. The summed E-state index contributed by atoms with van der Waals surface area (Å²) < 4.78 is 8.70. The van der Waals surface area contributed by atoms with Crippen molar-refractivity contribution >= 4 is 26.2 Å². The monoisotopic (exact) mass is 475 g/mol. The number of aliphatic hydroxyl groups is 4. The predicted octanol–water partition coefficient (Wildman–Crippen LogP) is -0.488. The molecule has 0 fully saturated rings. The number of rotatable bonds is 7. The van der Waals surface area contributed by atoms with Crippen LogP contribution in [0.1, 0.15) is 20.8 Å². The molecular formula is C17H32O13P+. The Hall–Kier alpha value is -2.51. The van der Waals surface area contributed by atoms with Crippen LogP contribution in [0.15, 0.2) is 36.5 Å². The average Bonchev–Trinajstić information content (AvgIpc) is 2.65. The van der Waals surface area contributed by atoms with Crippen LogP contribution in [0.2, 0.25) is 0 Å². The van der Waals surface area contributed by atoms with Crippen LogP contribution in [0.25, 0.3) is 0 Å². The number of carboxylic acids is 3. The molecule has 0 heterocycles. The predicted molar refractivity (Wildman–Crippen MR) is 110 cm³/mol. The minimum absolute atomic E-state index is 0.176. The van der Waals surface area contributed by atoms with Crippen molar-refractivity contribution in [2.24, 2.45) is 5.41 Å². The lowest BCUT2D eigenvalue weighted by atomic mass is 9.93. The molecular weight excluding hydrogens is 443 g/mol. The van der Waals surface area contributed by atoms with Gasteiger partial charge < -0.3 is 35.7 Å². The molecule has 0 spiro atoms. The maximum absolute atomic E-state index is 9.60. The fraction of sp³-hybridized carbons (Fsp3) is 0.471. The summed E-state index contributed by atoms with van der Waals surface area (Å²) >= 11 is 0. The Balaban J connectivity index is -0.0000000931. The number of hydrogen-bond donors (Lipinski definition) is 9. The van der Waals surface area contributed by atoms with Crippen molar-refractivity contribution in [2.45, 2.75) is 20.8 Å². The number of aliphatic carboxylic acids is 3. The van der Waals surface area contributed by atoms with E-state index in [0.29, 0.717) is 0 Å². The van der Waals surface area contributed by atoms with E-state index in [2.05, 4.69) is 19.7 Å². The molecule has 0 rings (SSSR count). The third-order valence-electron chi connectivity index (χ3n) is 2.44. The lowest BCUT2D eigenvalue weighted by Crippen LogP contribution is -2.37. The van der Waals surface area contributed by atoms with Crippen LogP contribution >= 0.6 is 8.25 Å². The number of carboxylic acid groups (broad SMARTS) is 3. The van der Waals surface area contributed by atoms with E-state index in [0.717, 1.165) is 0 Å². The van der Waals surface area contributed by atoms with Gasteiger partial charge in [0.05, 0.1) is 31.8 Å². The zero-order chi connectivity index (χ0) is 26.4. The maximum Gasteiger partial charge on any atom is 0.692 e. The van der Waals surface area contributed by atoms with Gasteiger partial charge in [-0.05, 0) is 20.8 Å². The van der Waals surface area contributed by atoms with E-state index >= 15 is 0 Å². The van der Waals surface area contributed by atoms with Gasteiger partial charge in [-0.1, -0.05) is 19.7 Å². The summed E-state index contributed by atoms with van der Waals surface area (Å²) in [5, 5.41) is 57.7. The second-order valence-corrected chi connectivity index (χ2v) is 6.15. The van der Waals surface area contributed by atoms with Crippen LogP contribution in [0.4, 0.5) is 0 Å². The maximum atomic E-state index is 9.60. The molecule has 0 aromatic heterocycles. The van der Waals surface area contributed by atoms with Gasteiger partial charge in [-0.25, -0.2) is 14.4 Å². The zero-order valence-electron chi connectivity index (χ0n) is 17.6. The Morgan fingerprint density at radius 3 is 0.742 bits per heavy atom. The Morgan fingerprint density at radius 1 is 0.645 bits per heavy atom. The van der Waals surface area contributed by atoms with E-state index in [1.54, 1.807) is 0 Å². The van der Waals surface area contributed by atoms with Crippen LogP contribution in [0.5, 0.6) is 0 Å². The molecule has 182 valence electrons. The van der Waals surface area contributed by atoms with Gasteiger partial charge in [0.2, 0.25) is 0 Å². The Kier molecular flexibility index (Phi) is 29.9. The molecule has 0 amide bonds. The number of aliphatic hydroxyl groups excluding tert-OH is 4. The molecule has 0 saturated heterocycles. The van der Waals surface area contributed by atoms with Crippen molar-refractivity contribution in [3.63, 3.8) is 0 Å². The van der Waals surface area contributed by atoms with Gasteiger partial charge in [0.15, 0.2) is 0 Å². The first-order chi connectivity index (χ1) is 13.9. The first kappa shape index (κ1) is 39.0. The van der Waals surface area contributed by atoms with Gasteiger partial charge in [-0.15, -0.1) is 9.79 Å². The van der Waals surface area contributed by atoms with Crippen molar-refractivity contribution in [3.8, 4) is 0 Å². The van der Waals surface area contributed by atoms with Crippen LogP contribution < -0.4 is 0 Å². The Morgan fingerprint density at radius 2 is 0.742 bits per heavy atom. The summed E-state index contributed by atoms with van der Waals surface area (Å²) in [7, 11) is -2.87. The minimum atomic E-state index is -2.87. The number of hydrogen-bond acceptors (Lipinski definition) is 8. The first-order valence-electron chi connectivity index (χ1n) is 7.86. The van der Waals surface area contributed by atoms with Crippen molar-refractivity contribution in [2.75, 3.05) is 26.4 Å². The smallest absolute Gasteiger partial charge is 0.478 e. The summed E-state index contributed by atoms with van der Waals surface area (Å²) in [6.45, 7) is 12.2. The van der Waals surface area contributed by atoms with E-state index in [1.807, 2.05) is 0 Å².